The van der Waals surface area contributed by atoms with Crippen molar-refractivity contribution >= 4 is 28.6 Å². The Morgan fingerprint density at radius 3 is 2.57 bits per heavy atom. The molecule has 4 atom stereocenters. The Morgan fingerprint density at radius 1 is 1.23 bits per heavy atom. The maximum atomic E-state index is 13.1. The van der Waals surface area contributed by atoms with Gasteiger partial charge in [0.15, 0.2) is 0 Å². The van der Waals surface area contributed by atoms with Crippen molar-refractivity contribution in [2.24, 2.45) is 11.3 Å². The van der Waals surface area contributed by atoms with Gasteiger partial charge >= 0.3 is 0 Å². The van der Waals surface area contributed by atoms with Crippen LogP contribution in [-0.4, -0.2) is 41.3 Å². The molecule has 2 heterocycles. The normalized spacial score (nSPS) is 18.4. The average Bonchev–Trinajstić information content (AvgIpc) is 3.41. The molecule has 188 valence electrons. The minimum Gasteiger partial charge on any atom is -0.356 e. The molecular formula is C27H37N5O3. The van der Waals surface area contributed by atoms with Crippen molar-refractivity contribution in [2.75, 3.05) is 6.54 Å². The van der Waals surface area contributed by atoms with Crippen molar-refractivity contribution in [2.45, 2.75) is 78.3 Å². The Balaban J connectivity index is 1.74. The molecule has 1 fully saturated rings. The summed E-state index contributed by atoms with van der Waals surface area (Å²) in [6, 6.07) is 8.40. The summed E-state index contributed by atoms with van der Waals surface area (Å²) in [6.45, 7) is 10.9. The Bertz CT molecular complexity index is 1120. The summed E-state index contributed by atoms with van der Waals surface area (Å²) in [4.78, 5) is 41.3. The van der Waals surface area contributed by atoms with Crippen molar-refractivity contribution in [3.8, 4) is 6.07 Å². The second-order valence-corrected chi connectivity index (χ2v) is 10.8. The highest BCUT2D eigenvalue weighted by Crippen LogP contribution is 2.25. The first-order chi connectivity index (χ1) is 16.5. The van der Waals surface area contributed by atoms with Crippen molar-refractivity contribution in [1.29, 1.82) is 5.26 Å². The Labute approximate surface area is 207 Å². The van der Waals surface area contributed by atoms with E-state index in [1.807, 2.05) is 26.8 Å². The third kappa shape index (κ3) is 6.84. The fraction of sp³-hybridized carbons (Fsp3) is 0.556. The number of nitriles is 1. The van der Waals surface area contributed by atoms with Gasteiger partial charge in [-0.15, -0.1) is 0 Å². The lowest BCUT2D eigenvalue weighted by molar-refractivity contribution is -0.125. The second-order valence-electron chi connectivity index (χ2n) is 10.8. The van der Waals surface area contributed by atoms with Gasteiger partial charge in [0.1, 0.15) is 17.8 Å². The highest BCUT2D eigenvalue weighted by Gasteiger charge is 2.32. The molecule has 1 saturated heterocycles. The van der Waals surface area contributed by atoms with Crippen molar-refractivity contribution in [1.82, 2.24) is 20.9 Å². The molecule has 1 aliphatic rings. The summed E-state index contributed by atoms with van der Waals surface area (Å²) in [7, 11) is 0. The van der Waals surface area contributed by atoms with Gasteiger partial charge in [-0.2, -0.15) is 5.26 Å². The first-order valence-corrected chi connectivity index (χ1v) is 12.4. The summed E-state index contributed by atoms with van der Waals surface area (Å²) in [5.74, 6) is -0.751. The van der Waals surface area contributed by atoms with Gasteiger partial charge < -0.3 is 20.9 Å². The number of hydrogen-bond donors (Lipinski definition) is 4. The molecule has 4 N–H and O–H groups in total. The van der Waals surface area contributed by atoms with Crippen LogP contribution in [-0.2, 0) is 9.59 Å². The van der Waals surface area contributed by atoms with E-state index in [-0.39, 0.29) is 29.6 Å². The largest absolute Gasteiger partial charge is 0.356 e. The van der Waals surface area contributed by atoms with Gasteiger partial charge in [-0.1, -0.05) is 40.7 Å². The van der Waals surface area contributed by atoms with E-state index < -0.39 is 18.0 Å². The molecule has 35 heavy (non-hydrogen) atoms. The zero-order valence-corrected chi connectivity index (χ0v) is 21.3. The van der Waals surface area contributed by atoms with Crippen LogP contribution in [0.4, 0.5) is 0 Å². The van der Waals surface area contributed by atoms with Gasteiger partial charge in [-0.3, -0.25) is 14.4 Å². The van der Waals surface area contributed by atoms with Gasteiger partial charge in [0, 0.05) is 23.4 Å². The molecule has 0 spiro atoms. The lowest BCUT2D eigenvalue weighted by atomic mass is 9.87. The molecule has 0 saturated carbocycles. The zero-order valence-electron chi connectivity index (χ0n) is 21.3. The second kappa shape index (κ2) is 10.9. The van der Waals surface area contributed by atoms with E-state index in [2.05, 4.69) is 53.0 Å². The minimum atomic E-state index is -0.821. The number of amides is 3. The number of nitrogens with zero attached hydrogens (tertiary/aromatic N) is 1. The van der Waals surface area contributed by atoms with E-state index >= 15 is 0 Å². The van der Waals surface area contributed by atoms with E-state index in [1.54, 1.807) is 6.07 Å². The maximum Gasteiger partial charge on any atom is 0.268 e. The molecule has 2 aromatic rings. The van der Waals surface area contributed by atoms with Crippen LogP contribution in [0.25, 0.3) is 10.9 Å². The topological polar surface area (TPSA) is 127 Å². The average molecular weight is 480 g/mol. The fourth-order valence-electron chi connectivity index (χ4n) is 4.44. The molecule has 1 aliphatic heterocycles. The SMILES string of the molecule is CCC(C)c1ccc2[nH]c(C(=O)N[C@@H](CC(C)(C)C)C(=O)N[C@H](C#N)C[C@@H]3CCNC3=O)cc2c1. The molecule has 1 aromatic carbocycles. The maximum absolute atomic E-state index is 13.1. The highest BCUT2D eigenvalue weighted by molar-refractivity contribution is 6.00. The summed E-state index contributed by atoms with van der Waals surface area (Å²) in [5.41, 5.74) is 2.22. The van der Waals surface area contributed by atoms with Crippen LogP contribution in [0.2, 0.25) is 0 Å². The van der Waals surface area contributed by atoms with Crippen LogP contribution in [0.3, 0.4) is 0 Å². The van der Waals surface area contributed by atoms with E-state index in [9.17, 15) is 19.6 Å². The van der Waals surface area contributed by atoms with Crippen LogP contribution in [0.1, 0.15) is 82.3 Å². The van der Waals surface area contributed by atoms with Gasteiger partial charge in [-0.25, -0.2) is 0 Å². The van der Waals surface area contributed by atoms with E-state index in [0.29, 0.717) is 31.0 Å². The van der Waals surface area contributed by atoms with Gasteiger partial charge in [0.25, 0.3) is 5.91 Å². The number of carbonyl (C=O) groups is 3. The Kier molecular flexibility index (Phi) is 8.21. The molecule has 0 bridgehead atoms. The smallest absolute Gasteiger partial charge is 0.268 e. The number of H-pyrrole nitrogens is 1. The first-order valence-electron chi connectivity index (χ1n) is 12.4. The van der Waals surface area contributed by atoms with E-state index in [4.69, 9.17) is 0 Å². The van der Waals surface area contributed by atoms with Crippen LogP contribution in [0.15, 0.2) is 24.3 Å². The predicted octanol–water partition coefficient (Wildman–Crippen LogP) is 3.75. The Morgan fingerprint density at radius 2 is 1.97 bits per heavy atom. The quantitative estimate of drug-likeness (QED) is 0.437. The summed E-state index contributed by atoms with van der Waals surface area (Å²) in [6.07, 6.45) is 2.33. The number of fused-ring (bicyclic) bond motifs is 1. The van der Waals surface area contributed by atoms with Crippen LogP contribution in [0, 0.1) is 22.7 Å². The fourth-order valence-corrected chi connectivity index (χ4v) is 4.44. The molecule has 8 nitrogen and oxygen atoms in total. The summed E-state index contributed by atoms with van der Waals surface area (Å²) < 4.78 is 0. The molecule has 3 amide bonds. The molecular weight excluding hydrogens is 442 g/mol. The lowest BCUT2D eigenvalue weighted by Crippen LogP contribution is -2.51. The van der Waals surface area contributed by atoms with Crippen molar-refractivity contribution < 1.29 is 14.4 Å². The monoisotopic (exact) mass is 479 g/mol. The summed E-state index contributed by atoms with van der Waals surface area (Å²) >= 11 is 0. The number of rotatable bonds is 9. The molecule has 0 radical (unpaired) electrons. The predicted molar refractivity (Wildman–Crippen MR) is 136 cm³/mol. The van der Waals surface area contributed by atoms with Crippen molar-refractivity contribution in [3.05, 3.63) is 35.5 Å². The third-order valence-electron chi connectivity index (χ3n) is 6.66. The molecule has 8 heteroatoms. The van der Waals surface area contributed by atoms with E-state index in [1.165, 1.54) is 5.56 Å². The number of carbonyl (C=O) groups excluding carboxylic acids is 3. The number of benzene rings is 1. The van der Waals surface area contributed by atoms with Crippen LogP contribution < -0.4 is 16.0 Å². The van der Waals surface area contributed by atoms with Gasteiger partial charge in [0.2, 0.25) is 11.8 Å². The van der Waals surface area contributed by atoms with Crippen LogP contribution in [0.5, 0.6) is 0 Å². The van der Waals surface area contributed by atoms with E-state index in [0.717, 1.165) is 17.3 Å². The van der Waals surface area contributed by atoms with Crippen LogP contribution >= 0.6 is 0 Å². The number of aromatic nitrogens is 1. The van der Waals surface area contributed by atoms with Gasteiger partial charge in [-0.05, 0) is 60.8 Å². The molecule has 1 aromatic heterocycles. The molecule has 1 unspecified atom stereocenters. The zero-order chi connectivity index (χ0) is 25.8. The standard InChI is InChI=1S/C27H37N5O3/c1-6-16(2)17-7-8-21-19(11-17)13-22(31-21)25(34)32-23(14-27(3,4)5)26(35)30-20(15-28)12-18-9-10-29-24(18)33/h7-8,11,13,16,18,20,23,31H,6,9-10,12,14H2,1-5H3,(H,29,33)(H,30,35)(H,32,34)/t16?,18-,20-,23-/m0/s1. The third-order valence-corrected chi connectivity index (χ3v) is 6.66. The Hall–Kier alpha value is -3.34. The first kappa shape index (κ1) is 26.3. The van der Waals surface area contributed by atoms with Gasteiger partial charge in [0.05, 0.1) is 6.07 Å². The van der Waals surface area contributed by atoms with Crippen molar-refractivity contribution in [3.63, 3.8) is 0 Å². The lowest BCUT2D eigenvalue weighted by Gasteiger charge is -2.27. The number of aromatic amines is 1. The molecule has 3 rings (SSSR count). The summed E-state index contributed by atoms with van der Waals surface area (Å²) in [5, 5.41) is 18.9. The number of nitrogens with one attached hydrogen (secondary N) is 4. The highest BCUT2D eigenvalue weighted by atomic mass is 16.2. The number of hydrogen-bond acceptors (Lipinski definition) is 4. The molecule has 0 aliphatic carbocycles. The minimum absolute atomic E-state index is 0.0886.